The van der Waals surface area contributed by atoms with Gasteiger partial charge in [0.25, 0.3) is 11.8 Å². The number of anilines is 2. The number of carbonyl (C=O) groups is 2. The molecule has 2 aliphatic heterocycles. The van der Waals surface area contributed by atoms with Crippen molar-refractivity contribution in [3.05, 3.63) is 76.3 Å². The fourth-order valence-corrected chi connectivity index (χ4v) is 4.29. The fraction of sp³-hybridized carbons (Fsp3) is 0.208. The minimum Gasteiger partial charge on any atom is -0.436 e. The Balaban J connectivity index is 1.33. The molecule has 1 N–H and O–H groups in total. The van der Waals surface area contributed by atoms with Gasteiger partial charge in [0.2, 0.25) is 5.88 Å². The van der Waals surface area contributed by atoms with Crippen molar-refractivity contribution in [1.29, 1.82) is 0 Å². The first kappa shape index (κ1) is 23.0. The summed E-state index contributed by atoms with van der Waals surface area (Å²) in [7, 11) is 0. The van der Waals surface area contributed by atoms with Crippen molar-refractivity contribution in [2.75, 3.05) is 36.4 Å². The van der Waals surface area contributed by atoms with E-state index in [0.29, 0.717) is 35.4 Å². The number of benzene rings is 2. The average Bonchev–Trinajstić information content (AvgIpc) is 2.99. The molecule has 2 aliphatic rings. The van der Waals surface area contributed by atoms with E-state index >= 15 is 0 Å². The molecule has 2 amide bonds. The molecule has 1 aromatic heterocycles. The Morgan fingerprint density at radius 3 is 2.49 bits per heavy atom. The number of ether oxygens (including phenoxy) is 1. The van der Waals surface area contributed by atoms with E-state index in [9.17, 15) is 22.8 Å². The number of piperazine rings is 1. The average molecular weight is 503 g/mol. The lowest BCUT2D eigenvalue weighted by Gasteiger charge is -2.36. The predicted octanol–water partition coefficient (Wildman–Crippen LogP) is 5.07. The van der Waals surface area contributed by atoms with Crippen molar-refractivity contribution in [2.24, 2.45) is 0 Å². The summed E-state index contributed by atoms with van der Waals surface area (Å²) in [6, 6.07) is 13.0. The topological polar surface area (TPSA) is 74.8 Å². The van der Waals surface area contributed by atoms with Gasteiger partial charge in [-0.2, -0.15) is 18.2 Å². The lowest BCUT2D eigenvalue weighted by atomic mass is 10.1. The third kappa shape index (κ3) is 4.37. The molecule has 3 heterocycles. The number of carbonyl (C=O) groups excluding carboxylic acids is 2. The Kier molecular flexibility index (Phi) is 5.76. The first-order chi connectivity index (χ1) is 16.7. The Morgan fingerprint density at radius 2 is 1.74 bits per heavy atom. The maximum atomic E-state index is 13.3. The van der Waals surface area contributed by atoms with Gasteiger partial charge in [0.05, 0.1) is 16.1 Å². The molecular weight excluding hydrogens is 485 g/mol. The van der Waals surface area contributed by atoms with Crippen LogP contribution >= 0.6 is 11.6 Å². The molecule has 11 heteroatoms. The molecule has 0 spiro atoms. The third-order valence-electron chi connectivity index (χ3n) is 5.86. The highest BCUT2D eigenvalue weighted by Gasteiger charge is 2.36. The minimum absolute atomic E-state index is 0.110. The number of halogens is 4. The van der Waals surface area contributed by atoms with Crippen LogP contribution in [0, 0.1) is 0 Å². The largest absolute Gasteiger partial charge is 0.436 e. The summed E-state index contributed by atoms with van der Waals surface area (Å²) >= 11 is 6.18. The fourth-order valence-electron chi connectivity index (χ4n) is 4.08. The van der Waals surface area contributed by atoms with E-state index < -0.39 is 23.6 Å². The van der Waals surface area contributed by atoms with Gasteiger partial charge in [-0.3, -0.25) is 9.59 Å². The monoisotopic (exact) mass is 502 g/mol. The van der Waals surface area contributed by atoms with Crippen LogP contribution in [0.1, 0.15) is 26.3 Å². The summed E-state index contributed by atoms with van der Waals surface area (Å²) in [6.45, 7) is 1.12. The van der Waals surface area contributed by atoms with Crippen LogP contribution in [0.25, 0.3) is 0 Å². The van der Waals surface area contributed by atoms with Crippen molar-refractivity contribution in [3.8, 4) is 11.6 Å². The minimum atomic E-state index is -4.62. The quantitative estimate of drug-likeness (QED) is 0.529. The molecule has 1 fully saturated rings. The number of pyridine rings is 1. The summed E-state index contributed by atoms with van der Waals surface area (Å²) < 4.78 is 45.9. The van der Waals surface area contributed by atoms with Crippen molar-refractivity contribution >= 4 is 34.9 Å². The van der Waals surface area contributed by atoms with Crippen LogP contribution in [0.5, 0.6) is 11.6 Å². The first-order valence-corrected chi connectivity index (χ1v) is 11.1. The summed E-state index contributed by atoms with van der Waals surface area (Å²) in [5.41, 5.74) is -0.729. The molecule has 5 rings (SSSR count). The van der Waals surface area contributed by atoms with Crippen LogP contribution in [0.2, 0.25) is 5.02 Å². The van der Waals surface area contributed by atoms with Gasteiger partial charge in [-0.1, -0.05) is 29.8 Å². The highest BCUT2D eigenvalue weighted by atomic mass is 35.5. The van der Waals surface area contributed by atoms with Gasteiger partial charge < -0.3 is 19.9 Å². The molecule has 0 atom stereocenters. The van der Waals surface area contributed by atoms with Gasteiger partial charge in [0, 0.05) is 26.2 Å². The van der Waals surface area contributed by atoms with Crippen molar-refractivity contribution in [2.45, 2.75) is 6.18 Å². The van der Waals surface area contributed by atoms with Crippen molar-refractivity contribution in [1.82, 2.24) is 9.88 Å². The van der Waals surface area contributed by atoms with E-state index in [1.54, 1.807) is 30.3 Å². The normalized spacial score (nSPS) is 15.5. The summed E-state index contributed by atoms with van der Waals surface area (Å²) in [5, 5.41) is 3.05. The molecule has 35 heavy (non-hydrogen) atoms. The number of rotatable bonds is 2. The molecular formula is C24H18ClF3N4O3. The summed E-state index contributed by atoms with van der Waals surface area (Å²) in [4.78, 5) is 33.2. The maximum absolute atomic E-state index is 13.3. The molecule has 0 saturated carbocycles. The van der Waals surface area contributed by atoms with Crippen LogP contribution in [0.4, 0.5) is 24.7 Å². The molecule has 7 nitrogen and oxygen atoms in total. The highest BCUT2D eigenvalue weighted by molar-refractivity contribution is 6.34. The molecule has 0 unspecified atom stereocenters. The second-order valence-corrected chi connectivity index (χ2v) is 8.42. The molecule has 0 radical (unpaired) electrons. The lowest BCUT2D eigenvalue weighted by Crippen LogP contribution is -2.49. The van der Waals surface area contributed by atoms with Crippen molar-refractivity contribution < 1.29 is 27.5 Å². The standard InChI is InChI=1S/C24H18ClF3N4O3/c25-17-6-3-7-18-20(17)30-21(33)15-8-9-19(29-22(15)35-18)31-10-12-32(13-11-31)23(34)14-4-1-2-5-16(14)24(26,27)28/h1-9H,10-13H2,(H,30,33). The molecule has 1 saturated heterocycles. The zero-order chi connectivity index (χ0) is 24.7. The number of amides is 2. The van der Waals surface area contributed by atoms with Crippen LogP contribution in [-0.4, -0.2) is 47.9 Å². The van der Waals surface area contributed by atoms with Crippen LogP contribution in [-0.2, 0) is 6.18 Å². The third-order valence-corrected chi connectivity index (χ3v) is 6.18. The SMILES string of the molecule is O=C1Nc2c(Cl)cccc2Oc2nc(N3CCN(C(=O)c4ccccc4C(F)(F)F)CC3)ccc21. The number of aromatic nitrogens is 1. The Hall–Kier alpha value is -3.79. The molecule has 0 aliphatic carbocycles. The zero-order valence-electron chi connectivity index (χ0n) is 18.1. The zero-order valence-corrected chi connectivity index (χ0v) is 18.9. The highest BCUT2D eigenvalue weighted by Crippen LogP contribution is 2.39. The molecule has 3 aromatic rings. The van der Waals surface area contributed by atoms with E-state index in [0.717, 1.165) is 6.07 Å². The number of alkyl halides is 3. The van der Waals surface area contributed by atoms with E-state index in [4.69, 9.17) is 16.3 Å². The number of nitrogens with one attached hydrogen (secondary N) is 1. The first-order valence-electron chi connectivity index (χ1n) is 10.7. The van der Waals surface area contributed by atoms with Gasteiger partial charge in [-0.25, -0.2) is 0 Å². The number of fused-ring (bicyclic) bond motifs is 2. The number of hydrogen-bond acceptors (Lipinski definition) is 5. The predicted molar refractivity (Wildman–Crippen MR) is 123 cm³/mol. The van der Waals surface area contributed by atoms with Gasteiger partial charge in [-0.15, -0.1) is 0 Å². The van der Waals surface area contributed by atoms with Gasteiger partial charge >= 0.3 is 6.18 Å². The second-order valence-electron chi connectivity index (χ2n) is 8.01. The number of para-hydroxylation sites is 1. The van der Waals surface area contributed by atoms with E-state index in [1.165, 1.54) is 23.1 Å². The van der Waals surface area contributed by atoms with Crippen LogP contribution < -0.4 is 15.0 Å². The molecule has 0 bridgehead atoms. The van der Waals surface area contributed by atoms with Crippen molar-refractivity contribution in [3.63, 3.8) is 0 Å². The van der Waals surface area contributed by atoms with Crippen LogP contribution in [0.3, 0.4) is 0 Å². The maximum Gasteiger partial charge on any atom is 0.417 e. The lowest BCUT2D eigenvalue weighted by molar-refractivity contribution is -0.138. The molecule has 180 valence electrons. The number of hydrogen-bond donors (Lipinski definition) is 1. The van der Waals surface area contributed by atoms with Gasteiger partial charge in [0.15, 0.2) is 5.75 Å². The second kappa shape index (κ2) is 8.77. The van der Waals surface area contributed by atoms with Crippen LogP contribution in [0.15, 0.2) is 54.6 Å². The van der Waals surface area contributed by atoms with E-state index in [1.807, 2.05) is 4.90 Å². The molecule has 2 aromatic carbocycles. The van der Waals surface area contributed by atoms with E-state index in [2.05, 4.69) is 10.3 Å². The summed E-state index contributed by atoms with van der Waals surface area (Å²) in [5.74, 6) is -0.0953. The smallest absolute Gasteiger partial charge is 0.417 e. The number of nitrogens with zero attached hydrogens (tertiary/aromatic N) is 3. The Labute approximate surface area is 203 Å². The Morgan fingerprint density at radius 1 is 1.00 bits per heavy atom. The summed E-state index contributed by atoms with van der Waals surface area (Å²) in [6.07, 6.45) is -4.62. The Bertz CT molecular complexity index is 1320. The van der Waals surface area contributed by atoms with Gasteiger partial charge in [-0.05, 0) is 36.4 Å². The van der Waals surface area contributed by atoms with E-state index in [-0.39, 0.29) is 30.1 Å². The van der Waals surface area contributed by atoms with Gasteiger partial charge in [0.1, 0.15) is 17.1 Å².